The molecular formula is C15H19ClN4. The van der Waals surface area contributed by atoms with Crippen LogP contribution < -0.4 is 0 Å². The molecule has 3 rings (SSSR count). The van der Waals surface area contributed by atoms with E-state index in [0.717, 1.165) is 30.0 Å². The Morgan fingerprint density at radius 1 is 1.25 bits per heavy atom. The Hall–Kier alpha value is -1.42. The van der Waals surface area contributed by atoms with Crippen molar-refractivity contribution in [2.75, 3.05) is 0 Å². The van der Waals surface area contributed by atoms with Gasteiger partial charge in [0.05, 0.1) is 35.5 Å². The van der Waals surface area contributed by atoms with Crippen LogP contribution in [-0.4, -0.2) is 19.5 Å². The molecule has 0 aromatic carbocycles. The Balaban J connectivity index is 2.08. The highest BCUT2D eigenvalue weighted by Crippen LogP contribution is 2.25. The smallest absolute Gasteiger partial charge is 0.131 e. The lowest BCUT2D eigenvalue weighted by molar-refractivity contribution is 0.654. The zero-order valence-electron chi connectivity index (χ0n) is 11.9. The summed E-state index contributed by atoms with van der Waals surface area (Å²) in [6.07, 6.45) is 8.37. The van der Waals surface area contributed by atoms with Gasteiger partial charge >= 0.3 is 0 Å². The predicted octanol–water partition coefficient (Wildman–Crippen LogP) is 3.40. The van der Waals surface area contributed by atoms with Crippen molar-refractivity contribution in [2.24, 2.45) is 0 Å². The van der Waals surface area contributed by atoms with E-state index in [1.807, 2.05) is 12.5 Å². The molecule has 0 unspecified atom stereocenters. The van der Waals surface area contributed by atoms with Crippen molar-refractivity contribution in [1.82, 2.24) is 19.5 Å². The number of aryl methyl sites for hydroxylation is 1. The van der Waals surface area contributed by atoms with Gasteiger partial charge in [0, 0.05) is 11.6 Å². The van der Waals surface area contributed by atoms with Gasteiger partial charge in [0.15, 0.2) is 0 Å². The van der Waals surface area contributed by atoms with Gasteiger partial charge in [-0.05, 0) is 25.7 Å². The molecule has 2 aromatic rings. The maximum Gasteiger partial charge on any atom is 0.131 e. The number of hydrogen-bond donors (Lipinski definition) is 0. The van der Waals surface area contributed by atoms with Crippen molar-refractivity contribution in [3.05, 3.63) is 35.4 Å². The minimum atomic E-state index is 0.308. The lowest BCUT2D eigenvalue weighted by atomic mass is 10.0. The monoisotopic (exact) mass is 290 g/mol. The summed E-state index contributed by atoms with van der Waals surface area (Å²) in [5.74, 6) is 1.55. The second-order valence-electron chi connectivity index (χ2n) is 5.56. The van der Waals surface area contributed by atoms with Gasteiger partial charge in [-0.1, -0.05) is 13.8 Å². The number of halogens is 1. The van der Waals surface area contributed by atoms with E-state index >= 15 is 0 Å². The van der Waals surface area contributed by atoms with Gasteiger partial charge in [0.1, 0.15) is 5.82 Å². The molecule has 0 bridgehead atoms. The molecule has 4 nitrogen and oxygen atoms in total. The first-order valence-electron chi connectivity index (χ1n) is 7.18. The largest absolute Gasteiger partial charge is 0.300 e. The molecule has 0 aliphatic heterocycles. The Bertz CT molecular complexity index is 618. The Labute approximate surface area is 124 Å². The molecule has 0 amide bonds. The number of aromatic nitrogens is 4. The van der Waals surface area contributed by atoms with Crippen molar-refractivity contribution >= 4 is 11.6 Å². The van der Waals surface area contributed by atoms with Crippen LogP contribution in [0.5, 0.6) is 0 Å². The van der Waals surface area contributed by atoms with E-state index in [9.17, 15) is 0 Å². The van der Waals surface area contributed by atoms with Gasteiger partial charge in [-0.2, -0.15) is 0 Å². The normalized spacial score (nSPS) is 14.6. The van der Waals surface area contributed by atoms with E-state index in [-0.39, 0.29) is 0 Å². The fourth-order valence-corrected chi connectivity index (χ4v) is 2.88. The van der Waals surface area contributed by atoms with Crippen LogP contribution in [0.15, 0.2) is 12.5 Å². The molecule has 0 atom stereocenters. The molecule has 0 spiro atoms. The molecule has 1 aliphatic rings. The van der Waals surface area contributed by atoms with Gasteiger partial charge in [0.25, 0.3) is 0 Å². The number of hydrogen-bond acceptors (Lipinski definition) is 3. The average Bonchev–Trinajstić information content (AvgIpc) is 2.90. The number of imidazole rings is 1. The molecule has 106 valence electrons. The van der Waals surface area contributed by atoms with Crippen LogP contribution >= 0.6 is 11.6 Å². The van der Waals surface area contributed by atoms with Crippen LogP contribution in [0.2, 0.25) is 0 Å². The quantitative estimate of drug-likeness (QED) is 0.814. The highest BCUT2D eigenvalue weighted by Gasteiger charge is 2.19. The Morgan fingerprint density at radius 2 is 2.05 bits per heavy atom. The van der Waals surface area contributed by atoms with Gasteiger partial charge < -0.3 is 0 Å². The van der Waals surface area contributed by atoms with Crippen LogP contribution in [-0.2, 0) is 18.7 Å². The standard InChI is InChI=1S/C15H19ClN4/c1-10(2)15-17-8-14(12(7-16)19-15)20-9-18-11-5-3-4-6-13(11)20/h8-10H,3-7H2,1-2H3. The predicted molar refractivity (Wildman–Crippen MR) is 79.4 cm³/mol. The molecule has 0 fully saturated rings. The van der Waals surface area contributed by atoms with Gasteiger partial charge in [0.2, 0.25) is 0 Å². The first kappa shape index (κ1) is 13.6. The van der Waals surface area contributed by atoms with Crippen molar-refractivity contribution in [2.45, 2.75) is 51.3 Å². The van der Waals surface area contributed by atoms with Crippen molar-refractivity contribution in [3.8, 4) is 5.69 Å². The fraction of sp³-hybridized carbons (Fsp3) is 0.533. The summed E-state index contributed by atoms with van der Waals surface area (Å²) in [6.45, 7) is 4.18. The summed E-state index contributed by atoms with van der Waals surface area (Å²) in [4.78, 5) is 13.6. The topological polar surface area (TPSA) is 43.6 Å². The molecule has 20 heavy (non-hydrogen) atoms. The number of alkyl halides is 1. The molecule has 0 saturated heterocycles. The summed E-state index contributed by atoms with van der Waals surface area (Å²) in [7, 11) is 0. The molecule has 0 N–H and O–H groups in total. The summed E-state index contributed by atoms with van der Waals surface area (Å²) in [6, 6.07) is 0. The second kappa shape index (κ2) is 5.52. The molecule has 2 heterocycles. The van der Waals surface area contributed by atoms with Gasteiger partial charge in [-0.3, -0.25) is 4.57 Å². The highest BCUT2D eigenvalue weighted by molar-refractivity contribution is 6.17. The van der Waals surface area contributed by atoms with Crippen LogP contribution in [0.3, 0.4) is 0 Å². The van der Waals surface area contributed by atoms with E-state index in [2.05, 4.69) is 33.4 Å². The number of nitrogens with zero attached hydrogens (tertiary/aromatic N) is 4. The first-order valence-corrected chi connectivity index (χ1v) is 7.71. The molecule has 0 radical (unpaired) electrons. The Kier molecular flexibility index (Phi) is 3.74. The minimum Gasteiger partial charge on any atom is -0.300 e. The summed E-state index contributed by atoms with van der Waals surface area (Å²) >= 11 is 6.08. The number of fused-ring (bicyclic) bond motifs is 1. The third kappa shape index (κ3) is 2.33. The van der Waals surface area contributed by atoms with Crippen molar-refractivity contribution in [1.29, 1.82) is 0 Å². The first-order chi connectivity index (χ1) is 9.70. The molecule has 5 heteroatoms. The number of rotatable bonds is 3. The summed E-state index contributed by atoms with van der Waals surface area (Å²) < 4.78 is 2.12. The van der Waals surface area contributed by atoms with Gasteiger partial charge in [-0.25, -0.2) is 15.0 Å². The lowest BCUT2D eigenvalue weighted by Gasteiger charge is -2.16. The van der Waals surface area contributed by atoms with Gasteiger partial charge in [-0.15, -0.1) is 11.6 Å². The maximum absolute atomic E-state index is 6.08. The Morgan fingerprint density at radius 3 is 2.80 bits per heavy atom. The molecule has 1 aliphatic carbocycles. The fourth-order valence-electron chi connectivity index (χ4n) is 2.68. The van der Waals surface area contributed by atoms with Crippen LogP contribution in [0.1, 0.15) is 55.5 Å². The van der Waals surface area contributed by atoms with Crippen LogP contribution in [0.25, 0.3) is 5.69 Å². The summed E-state index contributed by atoms with van der Waals surface area (Å²) in [5.41, 5.74) is 4.37. The average molecular weight is 291 g/mol. The van der Waals surface area contributed by atoms with E-state index in [1.54, 1.807) is 0 Å². The third-order valence-corrected chi connectivity index (χ3v) is 4.05. The van der Waals surface area contributed by atoms with Crippen LogP contribution in [0.4, 0.5) is 0 Å². The maximum atomic E-state index is 6.08. The zero-order valence-corrected chi connectivity index (χ0v) is 12.7. The highest BCUT2D eigenvalue weighted by atomic mass is 35.5. The molecule has 0 saturated carbocycles. The third-order valence-electron chi connectivity index (χ3n) is 3.80. The lowest BCUT2D eigenvalue weighted by Crippen LogP contribution is -2.11. The molecular weight excluding hydrogens is 272 g/mol. The molecule has 2 aromatic heterocycles. The SMILES string of the molecule is CC(C)c1ncc(-n2cnc3c2CCCC3)c(CCl)n1. The van der Waals surface area contributed by atoms with Crippen molar-refractivity contribution < 1.29 is 0 Å². The van der Waals surface area contributed by atoms with E-state index in [0.29, 0.717) is 11.8 Å². The zero-order chi connectivity index (χ0) is 14.1. The van der Waals surface area contributed by atoms with Crippen molar-refractivity contribution in [3.63, 3.8) is 0 Å². The second-order valence-corrected chi connectivity index (χ2v) is 5.83. The van der Waals surface area contributed by atoms with E-state index in [1.165, 1.54) is 24.2 Å². The van der Waals surface area contributed by atoms with E-state index < -0.39 is 0 Å². The van der Waals surface area contributed by atoms with Crippen LogP contribution in [0, 0.1) is 0 Å². The van der Waals surface area contributed by atoms with E-state index in [4.69, 9.17) is 11.6 Å². The minimum absolute atomic E-state index is 0.308. The summed E-state index contributed by atoms with van der Waals surface area (Å²) in [5, 5.41) is 0.